The van der Waals surface area contributed by atoms with Crippen molar-refractivity contribution in [2.24, 2.45) is 11.8 Å². The lowest BCUT2D eigenvalue weighted by Crippen LogP contribution is -2.45. The van der Waals surface area contributed by atoms with E-state index >= 15 is 0 Å². The Balaban J connectivity index is 2.31. The van der Waals surface area contributed by atoms with Gasteiger partial charge in [0.2, 0.25) is 0 Å². The van der Waals surface area contributed by atoms with Crippen molar-refractivity contribution in [2.75, 3.05) is 33.4 Å². The van der Waals surface area contributed by atoms with Crippen LogP contribution in [-0.4, -0.2) is 49.0 Å². The number of likely N-dealkylation sites (N-methyl/N-ethyl adjacent to an activating group) is 1. The van der Waals surface area contributed by atoms with Crippen molar-refractivity contribution in [3.8, 4) is 0 Å². The van der Waals surface area contributed by atoms with Crippen LogP contribution in [0.4, 0.5) is 0 Å². The highest BCUT2D eigenvalue weighted by molar-refractivity contribution is 4.80. The number of nitrogens with zero attached hydrogens (tertiary/aromatic N) is 1. The van der Waals surface area contributed by atoms with Crippen molar-refractivity contribution in [1.29, 1.82) is 0 Å². The molecule has 1 aliphatic heterocycles. The monoisotopic (exact) mass is 229 g/mol. The number of aliphatic hydroxyl groups is 1. The summed E-state index contributed by atoms with van der Waals surface area (Å²) in [5.41, 5.74) is -0.593. The average Bonchev–Trinajstić information content (AvgIpc) is 2.17. The smallest absolute Gasteiger partial charge is 0.0768 e. The van der Waals surface area contributed by atoms with Gasteiger partial charge in [0.25, 0.3) is 0 Å². The fourth-order valence-electron chi connectivity index (χ4n) is 2.19. The normalized spacial score (nSPS) is 26.1. The Bertz CT molecular complexity index is 198. The van der Waals surface area contributed by atoms with Crippen molar-refractivity contribution >= 4 is 0 Å². The van der Waals surface area contributed by atoms with Crippen molar-refractivity contribution in [1.82, 2.24) is 4.90 Å². The van der Waals surface area contributed by atoms with E-state index in [4.69, 9.17) is 4.74 Å². The third kappa shape index (κ3) is 4.40. The second-order valence-electron chi connectivity index (χ2n) is 5.79. The van der Waals surface area contributed by atoms with E-state index < -0.39 is 5.60 Å². The first-order chi connectivity index (χ1) is 7.42. The molecule has 0 saturated carbocycles. The molecule has 0 radical (unpaired) electrons. The van der Waals surface area contributed by atoms with Crippen LogP contribution < -0.4 is 0 Å². The maximum Gasteiger partial charge on any atom is 0.0768 e. The van der Waals surface area contributed by atoms with Crippen molar-refractivity contribution in [2.45, 2.75) is 39.2 Å². The van der Waals surface area contributed by atoms with Gasteiger partial charge in [0.05, 0.1) is 12.2 Å². The Kier molecular flexibility index (Phi) is 5.22. The van der Waals surface area contributed by atoms with Crippen LogP contribution in [-0.2, 0) is 4.74 Å². The quantitative estimate of drug-likeness (QED) is 0.779. The van der Waals surface area contributed by atoms with Crippen LogP contribution in [0.2, 0.25) is 0 Å². The van der Waals surface area contributed by atoms with E-state index in [-0.39, 0.29) is 5.92 Å². The molecule has 96 valence electrons. The summed E-state index contributed by atoms with van der Waals surface area (Å²) in [7, 11) is 2.09. The average molecular weight is 229 g/mol. The van der Waals surface area contributed by atoms with Crippen LogP contribution in [0.1, 0.15) is 33.6 Å². The first kappa shape index (κ1) is 13.9. The highest BCUT2D eigenvalue weighted by Crippen LogP contribution is 2.19. The SMILES string of the molecule is CC(C)C(C)(O)CN(C)CC1CCCOC1. The molecule has 1 aliphatic rings. The molecule has 0 amide bonds. The lowest BCUT2D eigenvalue weighted by atomic mass is 9.91. The summed E-state index contributed by atoms with van der Waals surface area (Å²) in [5, 5.41) is 10.2. The maximum atomic E-state index is 10.2. The van der Waals surface area contributed by atoms with Crippen LogP contribution >= 0.6 is 0 Å². The minimum Gasteiger partial charge on any atom is -0.389 e. The minimum absolute atomic E-state index is 0.289. The summed E-state index contributed by atoms with van der Waals surface area (Å²) in [6.45, 7) is 9.63. The van der Waals surface area contributed by atoms with Crippen molar-refractivity contribution in [3.05, 3.63) is 0 Å². The zero-order valence-corrected chi connectivity index (χ0v) is 11.2. The molecule has 0 spiro atoms. The molecular formula is C13H27NO2. The standard InChI is InChI=1S/C13H27NO2/c1-11(2)13(3,15)10-14(4)8-12-6-5-7-16-9-12/h11-12,15H,5-10H2,1-4H3. The Morgan fingerprint density at radius 3 is 2.69 bits per heavy atom. The Morgan fingerprint density at radius 2 is 2.19 bits per heavy atom. The summed E-state index contributed by atoms with van der Waals surface area (Å²) < 4.78 is 5.47. The van der Waals surface area contributed by atoms with Gasteiger partial charge < -0.3 is 14.7 Å². The van der Waals surface area contributed by atoms with Gasteiger partial charge in [-0.3, -0.25) is 0 Å². The minimum atomic E-state index is -0.593. The molecule has 0 aromatic carbocycles. The third-order valence-corrected chi connectivity index (χ3v) is 3.66. The molecule has 1 saturated heterocycles. The summed E-state index contributed by atoms with van der Waals surface area (Å²) in [4.78, 5) is 2.24. The van der Waals surface area contributed by atoms with Crippen LogP contribution in [0, 0.1) is 11.8 Å². The first-order valence-corrected chi connectivity index (χ1v) is 6.40. The molecule has 1 N–H and O–H groups in total. The van der Waals surface area contributed by atoms with Crippen molar-refractivity contribution in [3.63, 3.8) is 0 Å². The van der Waals surface area contributed by atoms with E-state index in [1.54, 1.807) is 0 Å². The molecule has 1 rings (SSSR count). The van der Waals surface area contributed by atoms with Gasteiger partial charge in [-0.1, -0.05) is 13.8 Å². The van der Waals surface area contributed by atoms with Gasteiger partial charge >= 0.3 is 0 Å². The van der Waals surface area contributed by atoms with Gasteiger partial charge in [-0.05, 0) is 38.6 Å². The summed E-state index contributed by atoms with van der Waals surface area (Å²) in [6.07, 6.45) is 2.44. The summed E-state index contributed by atoms with van der Waals surface area (Å²) in [5.74, 6) is 0.930. The Hall–Kier alpha value is -0.120. The largest absolute Gasteiger partial charge is 0.389 e. The predicted octanol–water partition coefficient (Wildman–Crippen LogP) is 1.75. The second-order valence-corrected chi connectivity index (χ2v) is 5.79. The van der Waals surface area contributed by atoms with Crippen LogP contribution in [0.5, 0.6) is 0 Å². The molecule has 0 aromatic rings. The lowest BCUT2D eigenvalue weighted by molar-refractivity contribution is -0.0239. The third-order valence-electron chi connectivity index (χ3n) is 3.66. The zero-order valence-electron chi connectivity index (χ0n) is 11.2. The Morgan fingerprint density at radius 1 is 1.50 bits per heavy atom. The van der Waals surface area contributed by atoms with E-state index in [0.717, 1.165) is 26.3 Å². The number of rotatable bonds is 5. The van der Waals surface area contributed by atoms with Crippen LogP contribution in [0.25, 0.3) is 0 Å². The number of hydrogen-bond acceptors (Lipinski definition) is 3. The van der Waals surface area contributed by atoms with E-state index in [0.29, 0.717) is 5.92 Å². The van der Waals surface area contributed by atoms with Gasteiger partial charge in [-0.15, -0.1) is 0 Å². The first-order valence-electron chi connectivity index (χ1n) is 6.40. The topological polar surface area (TPSA) is 32.7 Å². The van der Waals surface area contributed by atoms with Gasteiger partial charge in [0.15, 0.2) is 0 Å². The molecule has 0 aliphatic carbocycles. The van der Waals surface area contributed by atoms with Crippen LogP contribution in [0.3, 0.4) is 0 Å². The molecule has 3 heteroatoms. The summed E-state index contributed by atoms with van der Waals surface area (Å²) in [6, 6.07) is 0. The van der Waals surface area contributed by atoms with E-state index in [1.165, 1.54) is 12.8 Å². The van der Waals surface area contributed by atoms with E-state index in [9.17, 15) is 5.11 Å². The molecule has 0 aromatic heterocycles. The highest BCUT2D eigenvalue weighted by atomic mass is 16.5. The van der Waals surface area contributed by atoms with Gasteiger partial charge in [-0.2, -0.15) is 0 Å². The molecule has 1 fully saturated rings. The zero-order chi connectivity index (χ0) is 12.2. The van der Waals surface area contributed by atoms with Crippen LogP contribution in [0.15, 0.2) is 0 Å². The maximum absolute atomic E-state index is 10.2. The van der Waals surface area contributed by atoms with Gasteiger partial charge in [0.1, 0.15) is 0 Å². The molecule has 16 heavy (non-hydrogen) atoms. The predicted molar refractivity (Wildman–Crippen MR) is 66.5 cm³/mol. The van der Waals surface area contributed by atoms with Crippen molar-refractivity contribution < 1.29 is 9.84 Å². The molecule has 0 bridgehead atoms. The fourth-order valence-corrected chi connectivity index (χ4v) is 2.19. The molecule has 3 nitrogen and oxygen atoms in total. The van der Waals surface area contributed by atoms with Gasteiger partial charge in [-0.25, -0.2) is 0 Å². The molecule has 2 unspecified atom stereocenters. The highest BCUT2D eigenvalue weighted by Gasteiger charge is 2.27. The summed E-state index contributed by atoms with van der Waals surface area (Å²) >= 11 is 0. The van der Waals surface area contributed by atoms with E-state index in [1.807, 2.05) is 6.92 Å². The van der Waals surface area contributed by atoms with Gasteiger partial charge in [0, 0.05) is 19.7 Å². The second kappa shape index (κ2) is 5.99. The molecular weight excluding hydrogens is 202 g/mol. The van der Waals surface area contributed by atoms with E-state index in [2.05, 4.69) is 25.8 Å². The molecule has 1 heterocycles. The number of ether oxygens (including phenoxy) is 1. The lowest BCUT2D eigenvalue weighted by Gasteiger charge is -2.34. The molecule has 2 atom stereocenters. The fraction of sp³-hybridized carbons (Fsp3) is 1.00. The number of hydrogen-bond donors (Lipinski definition) is 1. The Labute approximate surface area is 99.8 Å².